The summed E-state index contributed by atoms with van der Waals surface area (Å²) in [6.07, 6.45) is 1.50. The Morgan fingerprint density at radius 2 is 2.19 bits per heavy atom. The van der Waals surface area contributed by atoms with E-state index >= 15 is 0 Å². The highest BCUT2D eigenvalue weighted by Crippen LogP contribution is 2.31. The topological polar surface area (TPSA) is 68.6 Å². The number of halogens is 1. The van der Waals surface area contributed by atoms with Gasteiger partial charge in [-0.1, -0.05) is 15.9 Å². The van der Waals surface area contributed by atoms with Crippen LogP contribution in [0.25, 0.3) is 0 Å². The third-order valence-corrected chi connectivity index (χ3v) is 3.88. The van der Waals surface area contributed by atoms with Crippen molar-refractivity contribution in [3.63, 3.8) is 0 Å². The number of carbonyl (C=O) groups is 1. The smallest absolute Gasteiger partial charge is 0.308 e. The van der Waals surface area contributed by atoms with Crippen LogP contribution in [0.5, 0.6) is 5.75 Å². The van der Waals surface area contributed by atoms with Crippen LogP contribution in [0.3, 0.4) is 0 Å². The van der Waals surface area contributed by atoms with Gasteiger partial charge in [-0.15, -0.1) is 0 Å². The van der Waals surface area contributed by atoms with Gasteiger partial charge in [-0.2, -0.15) is 5.26 Å². The third kappa shape index (κ3) is 4.19. The van der Waals surface area contributed by atoms with Crippen molar-refractivity contribution in [2.45, 2.75) is 18.9 Å². The Morgan fingerprint density at radius 3 is 2.86 bits per heavy atom. The van der Waals surface area contributed by atoms with Crippen molar-refractivity contribution in [3.05, 3.63) is 28.2 Å². The van der Waals surface area contributed by atoms with E-state index in [9.17, 15) is 4.79 Å². The zero-order valence-electron chi connectivity index (χ0n) is 11.7. The maximum atomic E-state index is 11.2. The zero-order chi connectivity index (χ0) is 15.2. The summed E-state index contributed by atoms with van der Waals surface area (Å²) in [6.45, 7) is 0.792. The molecule has 0 heterocycles. The van der Waals surface area contributed by atoms with Gasteiger partial charge in [0.25, 0.3) is 0 Å². The molecule has 0 saturated heterocycles. The van der Waals surface area contributed by atoms with E-state index in [0.29, 0.717) is 37.4 Å². The molecular weight excluding hydrogens is 338 g/mol. The van der Waals surface area contributed by atoms with E-state index in [-0.39, 0.29) is 18.0 Å². The lowest BCUT2D eigenvalue weighted by Gasteiger charge is -2.32. The number of ether oxygens (including phenoxy) is 3. The second-order valence-electron chi connectivity index (χ2n) is 4.79. The van der Waals surface area contributed by atoms with Crippen molar-refractivity contribution in [3.8, 4) is 11.8 Å². The number of methoxy groups -OCH3 is 1. The molecule has 2 rings (SSSR count). The minimum atomic E-state index is -0.168. The summed E-state index contributed by atoms with van der Waals surface area (Å²) in [6, 6.07) is 7.34. The third-order valence-electron chi connectivity index (χ3n) is 3.39. The second kappa shape index (κ2) is 7.43. The molecular formula is C15H16BrNO4. The van der Waals surface area contributed by atoms with Gasteiger partial charge in [-0.3, -0.25) is 4.79 Å². The molecule has 1 aromatic carbocycles. The van der Waals surface area contributed by atoms with Gasteiger partial charge in [-0.25, -0.2) is 0 Å². The normalized spacial score (nSPS) is 20.2. The predicted molar refractivity (Wildman–Crippen MR) is 78.8 cm³/mol. The highest BCUT2D eigenvalue weighted by Gasteiger charge is 2.35. The molecule has 0 aliphatic heterocycles. The second-order valence-corrected chi connectivity index (χ2v) is 5.70. The lowest BCUT2D eigenvalue weighted by Crippen LogP contribution is -2.37. The van der Waals surface area contributed by atoms with E-state index in [0.717, 1.165) is 4.47 Å². The molecule has 1 saturated carbocycles. The van der Waals surface area contributed by atoms with E-state index in [4.69, 9.17) is 14.7 Å². The van der Waals surface area contributed by atoms with E-state index in [2.05, 4.69) is 26.7 Å². The van der Waals surface area contributed by atoms with E-state index in [1.807, 2.05) is 0 Å². The molecule has 112 valence electrons. The average Bonchev–Trinajstić information content (AvgIpc) is 2.44. The molecule has 0 bridgehead atoms. The average molecular weight is 354 g/mol. The Hall–Kier alpha value is -1.58. The van der Waals surface area contributed by atoms with Gasteiger partial charge in [0.1, 0.15) is 18.4 Å². The molecule has 0 aromatic heterocycles. The molecule has 6 heteroatoms. The molecule has 0 N–H and O–H groups in total. The van der Waals surface area contributed by atoms with Crippen LogP contribution in [0.2, 0.25) is 0 Å². The molecule has 0 unspecified atom stereocenters. The maximum absolute atomic E-state index is 11.2. The molecule has 1 aromatic rings. The fraction of sp³-hybridized carbons (Fsp3) is 0.467. The predicted octanol–water partition coefficient (Wildman–Crippen LogP) is 2.67. The first-order chi connectivity index (χ1) is 10.1. The SMILES string of the molecule is COC(=O)C1CC(OCCOc2cc(Br)ccc2C#N)C1. The number of nitriles is 1. The van der Waals surface area contributed by atoms with Gasteiger partial charge in [0, 0.05) is 4.47 Å². The number of benzene rings is 1. The van der Waals surface area contributed by atoms with Crippen LogP contribution < -0.4 is 4.74 Å². The summed E-state index contributed by atoms with van der Waals surface area (Å²) in [7, 11) is 1.40. The van der Waals surface area contributed by atoms with Crippen molar-refractivity contribution >= 4 is 21.9 Å². The van der Waals surface area contributed by atoms with E-state index in [1.54, 1.807) is 18.2 Å². The van der Waals surface area contributed by atoms with Crippen molar-refractivity contribution in [2.24, 2.45) is 5.92 Å². The van der Waals surface area contributed by atoms with Crippen LogP contribution in [0, 0.1) is 17.2 Å². The summed E-state index contributed by atoms with van der Waals surface area (Å²) >= 11 is 3.34. The standard InChI is InChI=1S/C15H16BrNO4/c1-19-15(18)11-6-13(7-11)20-4-5-21-14-8-12(16)3-2-10(14)9-17/h2-3,8,11,13H,4-7H2,1H3. The summed E-state index contributed by atoms with van der Waals surface area (Å²) in [4.78, 5) is 11.2. The first-order valence-electron chi connectivity index (χ1n) is 6.66. The molecule has 0 spiro atoms. The van der Waals surface area contributed by atoms with E-state index < -0.39 is 0 Å². The molecule has 0 atom stereocenters. The maximum Gasteiger partial charge on any atom is 0.308 e. The molecule has 1 aliphatic carbocycles. The van der Waals surface area contributed by atoms with Crippen LogP contribution in [-0.2, 0) is 14.3 Å². The molecule has 1 aliphatic rings. The van der Waals surface area contributed by atoms with Gasteiger partial charge in [0.2, 0.25) is 0 Å². The van der Waals surface area contributed by atoms with Crippen LogP contribution >= 0.6 is 15.9 Å². The number of esters is 1. The Morgan fingerprint density at radius 1 is 1.43 bits per heavy atom. The van der Waals surface area contributed by atoms with Gasteiger partial charge in [0.05, 0.1) is 31.3 Å². The summed E-state index contributed by atoms with van der Waals surface area (Å²) in [5.74, 6) is 0.339. The van der Waals surface area contributed by atoms with Crippen LogP contribution in [0.15, 0.2) is 22.7 Å². The Labute approximate surface area is 131 Å². The lowest BCUT2D eigenvalue weighted by molar-refractivity contribution is -0.155. The van der Waals surface area contributed by atoms with Crippen molar-refractivity contribution in [1.29, 1.82) is 5.26 Å². The Balaban J connectivity index is 1.69. The molecule has 21 heavy (non-hydrogen) atoms. The minimum Gasteiger partial charge on any atom is -0.490 e. The van der Waals surface area contributed by atoms with Crippen LogP contribution in [0.4, 0.5) is 0 Å². The molecule has 0 radical (unpaired) electrons. The van der Waals surface area contributed by atoms with Crippen molar-refractivity contribution in [2.75, 3.05) is 20.3 Å². The highest BCUT2D eigenvalue weighted by atomic mass is 79.9. The molecule has 0 amide bonds. The zero-order valence-corrected chi connectivity index (χ0v) is 13.3. The quantitative estimate of drug-likeness (QED) is 0.580. The number of rotatable bonds is 6. The van der Waals surface area contributed by atoms with Gasteiger partial charge in [0.15, 0.2) is 0 Å². The van der Waals surface area contributed by atoms with Crippen LogP contribution in [0.1, 0.15) is 18.4 Å². The first-order valence-corrected chi connectivity index (χ1v) is 7.45. The summed E-state index contributed by atoms with van der Waals surface area (Å²) in [5.41, 5.74) is 0.493. The fourth-order valence-corrected chi connectivity index (χ4v) is 2.48. The Kier molecular flexibility index (Phi) is 5.59. The van der Waals surface area contributed by atoms with E-state index in [1.165, 1.54) is 7.11 Å². The largest absolute Gasteiger partial charge is 0.490 e. The number of hydrogen-bond donors (Lipinski definition) is 0. The lowest BCUT2D eigenvalue weighted by atomic mass is 9.82. The number of hydrogen-bond acceptors (Lipinski definition) is 5. The number of carbonyl (C=O) groups excluding carboxylic acids is 1. The van der Waals surface area contributed by atoms with Gasteiger partial charge >= 0.3 is 5.97 Å². The monoisotopic (exact) mass is 353 g/mol. The van der Waals surface area contributed by atoms with Gasteiger partial charge in [-0.05, 0) is 31.0 Å². The summed E-state index contributed by atoms with van der Waals surface area (Å²) < 4.78 is 16.7. The van der Waals surface area contributed by atoms with Crippen molar-refractivity contribution < 1.29 is 19.0 Å². The fourth-order valence-electron chi connectivity index (χ4n) is 2.14. The van der Waals surface area contributed by atoms with Gasteiger partial charge < -0.3 is 14.2 Å². The number of nitrogens with zero attached hydrogens (tertiary/aromatic N) is 1. The molecule has 5 nitrogen and oxygen atoms in total. The summed E-state index contributed by atoms with van der Waals surface area (Å²) in [5, 5.41) is 8.99. The Bertz CT molecular complexity index is 549. The molecule has 1 fully saturated rings. The minimum absolute atomic E-state index is 0.0313. The van der Waals surface area contributed by atoms with Crippen molar-refractivity contribution in [1.82, 2.24) is 0 Å². The van der Waals surface area contributed by atoms with Crippen LogP contribution in [-0.4, -0.2) is 32.4 Å². The highest BCUT2D eigenvalue weighted by molar-refractivity contribution is 9.10. The first kappa shape index (κ1) is 15.8.